The minimum absolute atomic E-state index is 0.496. The lowest BCUT2D eigenvalue weighted by molar-refractivity contribution is 0.792. The molecule has 0 aliphatic heterocycles. The van der Waals surface area contributed by atoms with Crippen LogP contribution in [-0.2, 0) is 10.8 Å². The smallest absolute Gasteiger partial charge is 0.0726 e. The topological polar surface area (TPSA) is 3.24 Å². The highest BCUT2D eigenvalue weighted by molar-refractivity contribution is 6.02. The van der Waals surface area contributed by atoms with Gasteiger partial charge in [0.2, 0.25) is 0 Å². The maximum atomic E-state index is 2.58. The molecule has 1 nitrogen and oxygen atoms in total. The molecule has 16 rings (SSSR count). The number of nitrogens with zero attached hydrogens (tertiary/aromatic N) is 1. The van der Waals surface area contributed by atoms with Crippen molar-refractivity contribution in [3.63, 3.8) is 0 Å². The van der Waals surface area contributed by atoms with Gasteiger partial charge in [0.15, 0.2) is 0 Å². The van der Waals surface area contributed by atoms with Gasteiger partial charge in [-0.2, -0.15) is 0 Å². The van der Waals surface area contributed by atoms with Crippen LogP contribution in [0, 0.1) is 0 Å². The molecule has 0 saturated heterocycles. The van der Waals surface area contributed by atoms with Gasteiger partial charge in [-0.1, -0.05) is 231 Å². The Morgan fingerprint density at radius 1 is 0.205 bits per heavy atom. The van der Waals surface area contributed by atoms with Crippen LogP contribution >= 0.6 is 0 Å². The van der Waals surface area contributed by atoms with Gasteiger partial charge < -0.3 is 4.90 Å². The van der Waals surface area contributed by atoms with Crippen molar-refractivity contribution in [2.24, 2.45) is 0 Å². The number of hydrogen-bond acceptors (Lipinski definition) is 1. The van der Waals surface area contributed by atoms with Crippen molar-refractivity contribution in [3.05, 3.63) is 317 Å². The molecular formula is C72H45N. The van der Waals surface area contributed by atoms with Crippen molar-refractivity contribution in [1.29, 1.82) is 0 Å². The summed E-state index contributed by atoms with van der Waals surface area (Å²) in [5.41, 5.74) is 28.1. The lowest BCUT2D eigenvalue weighted by Crippen LogP contribution is -2.26. The first-order valence-electron chi connectivity index (χ1n) is 25.6. The van der Waals surface area contributed by atoms with Crippen LogP contribution < -0.4 is 4.90 Å². The lowest BCUT2D eigenvalue weighted by atomic mass is 9.70. The average molecular weight is 924 g/mol. The predicted octanol–water partition coefficient (Wildman–Crippen LogP) is 18.3. The maximum absolute atomic E-state index is 2.58. The standard InChI is InChI=1S/C72H45N/c1-2-19-48(20-3-1)60-44-61-58-27-11-17-33-67(58)72(64-30-14-8-24-55(64)56-25-9-15-31-65(56)72)69(61)45-70(60)73(51-38-36-47(37-39-51)50-35-34-46-18-4-5-21-49(46)42-50)52-40-41-59-57-26-10-16-32-66(57)71(68(59)43-52)62-28-12-6-22-53(62)54-23-7-13-29-63(54)71/h1-45H. The van der Waals surface area contributed by atoms with Crippen LogP contribution in [0.4, 0.5) is 17.1 Å². The van der Waals surface area contributed by atoms with E-state index in [4.69, 9.17) is 0 Å². The third-order valence-corrected chi connectivity index (χ3v) is 16.9. The zero-order chi connectivity index (χ0) is 47.8. The van der Waals surface area contributed by atoms with Crippen LogP contribution in [0.5, 0.6) is 0 Å². The monoisotopic (exact) mass is 923 g/mol. The van der Waals surface area contributed by atoms with Crippen molar-refractivity contribution in [2.45, 2.75) is 10.8 Å². The number of fused-ring (bicyclic) bond motifs is 21. The minimum atomic E-state index is -0.518. The fraction of sp³-hybridized carbons (Fsp3) is 0.0278. The summed E-state index contributed by atoms with van der Waals surface area (Å²) in [6.07, 6.45) is 0. The highest BCUT2D eigenvalue weighted by atomic mass is 15.1. The van der Waals surface area contributed by atoms with E-state index in [-0.39, 0.29) is 0 Å². The molecule has 0 unspecified atom stereocenters. The van der Waals surface area contributed by atoms with E-state index in [1.54, 1.807) is 0 Å². The van der Waals surface area contributed by atoms with Crippen molar-refractivity contribution in [3.8, 4) is 66.8 Å². The number of benzene rings is 12. The molecule has 2 spiro atoms. The summed E-state index contributed by atoms with van der Waals surface area (Å²) in [5.74, 6) is 0. The molecule has 4 aliphatic carbocycles. The van der Waals surface area contributed by atoms with Crippen LogP contribution in [0.25, 0.3) is 77.5 Å². The lowest BCUT2D eigenvalue weighted by Gasteiger charge is -2.34. The van der Waals surface area contributed by atoms with Gasteiger partial charge >= 0.3 is 0 Å². The van der Waals surface area contributed by atoms with Gasteiger partial charge in [0.1, 0.15) is 0 Å². The number of rotatable bonds is 5. The quantitative estimate of drug-likeness (QED) is 0.166. The van der Waals surface area contributed by atoms with Crippen LogP contribution in [0.15, 0.2) is 273 Å². The Bertz CT molecular complexity index is 4160. The second kappa shape index (κ2) is 15.1. The molecule has 12 aromatic rings. The molecule has 0 fully saturated rings. The van der Waals surface area contributed by atoms with Gasteiger partial charge in [-0.05, 0) is 159 Å². The number of hydrogen-bond donors (Lipinski definition) is 0. The molecule has 0 heterocycles. The largest absolute Gasteiger partial charge is 0.310 e. The molecule has 338 valence electrons. The summed E-state index contributed by atoms with van der Waals surface area (Å²) in [4.78, 5) is 2.57. The van der Waals surface area contributed by atoms with Gasteiger partial charge in [0.05, 0.1) is 16.5 Å². The zero-order valence-electron chi connectivity index (χ0n) is 39.9. The van der Waals surface area contributed by atoms with E-state index in [9.17, 15) is 0 Å². The zero-order valence-corrected chi connectivity index (χ0v) is 39.9. The third kappa shape index (κ3) is 5.36. The molecule has 0 N–H and O–H groups in total. The Morgan fingerprint density at radius 2 is 0.603 bits per heavy atom. The molecular weight excluding hydrogens is 879 g/mol. The van der Waals surface area contributed by atoms with E-state index >= 15 is 0 Å². The van der Waals surface area contributed by atoms with Gasteiger partial charge in [0.25, 0.3) is 0 Å². The van der Waals surface area contributed by atoms with Gasteiger partial charge in [-0.15, -0.1) is 0 Å². The van der Waals surface area contributed by atoms with Crippen molar-refractivity contribution >= 4 is 27.8 Å². The second-order valence-electron chi connectivity index (χ2n) is 20.2. The first-order valence-corrected chi connectivity index (χ1v) is 25.6. The maximum Gasteiger partial charge on any atom is 0.0726 e. The average Bonchev–Trinajstić information content (AvgIpc) is 4.15. The Hall–Kier alpha value is -9.30. The molecule has 1 heteroatoms. The fourth-order valence-corrected chi connectivity index (χ4v) is 14.0. The Balaban J connectivity index is 0.998. The van der Waals surface area contributed by atoms with Gasteiger partial charge in [-0.25, -0.2) is 0 Å². The summed E-state index contributed by atoms with van der Waals surface area (Å²) in [6, 6.07) is 103. The molecule has 0 atom stereocenters. The van der Waals surface area contributed by atoms with Crippen LogP contribution in [0.1, 0.15) is 44.5 Å². The van der Waals surface area contributed by atoms with Crippen LogP contribution in [0.2, 0.25) is 0 Å². The van der Waals surface area contributed by atoms with E-state index in [0.717, 1.165) is 17.1 Å². The van der Waals surface area contributed by atoms with Gasteiger partial charge in [0, 0.05) is 16.9 Å². The van der Waals surface area contributed by atoms with E-state index in [2.05, 4.69) is 278 Å². The van der Waals surface area contributed by atoms with E-state index in [1.165, 1.54) is 122 Å². The molecule has 0 radical (unpaired) electrons. The summed E-state index contributed by atoms with van der Waals surface area (Å²) in [5, 5.41) is 2.49. The molecule has 0 bridgehead atoms. The van der Waals surface area contributed by atoms with E-state index in [0.29, 0.717) is 0 Å². The van der Waals surface area contributed by atoms with Crippen LogP contribution in [-0.4, -0.2) is 0 Å². The SMILES string of the molecule is c1ccc(-c2cc3c(cc2N(c2ccc(-c4ccc5ccccc5c4)cc2)c2ccc4c(c2)C2(c5ccccc5-c5ccccc52)c2ccccc2-4)C2(c4ccccc4-c4ccccc42)c2ccccc2-3)cc1. The minimum Gasteiger partial charge on any atom is -0.310 e. The highest BCUT2D eigenvalue weighted by Crippen LogP contribution is 2.66. The van der Waals surface area contributed by atoms with Gasteiger partial charge in [-0.3, -0.25) is 0 Å². The Kier molecular flexibility index (Phi) is 8.37. The van der Waals surface area contributed by atoms with Crippen molar-refractivity contribution in [1.82, 2.24) is 0 Å². The highest BCUT2D eigenvalue weighted by Gasteiger charge is 2.53. The normalized spacial score (nSPS) is 14.0. The molecule has 12 aromatic carbocycles. The fourth-order valence-electron chi connectivity index (χ4n) is 14.0. The predicted molar refractivity (Wildman–Crippen MR) is 302 cm³/mol. The third-order valence-electron chi connectivity index (χ3n) is 16.9. The molecule has 0 saturated carbocycles. The first-order chi connectivity index (χ1) is 36.2. The van der Waals surface area contributed by atoms with E-state index < -0.39 is 10.8 Å². The summed E-state index contributed by atoms with van der Waals surface area (Å²) >= 11 is 0. The first kappa shape index (κ1) is 40.4. The van der Waals surface area contributed by atoms with Crippen LogP contribution in [0.3, 0.4) is 0 Å². The molecule has 0 amide bonds. The molecule has 4 aliphatic rings. The Morgan fingerprint density at radius 3 is 1.12 bits per heavy atom. The Labute approximate surface area is 425 Å². The summed E-state index contributed by atoms with van der Waals surface area (Å²) in [7, 11) is 0. The summed E-state index contributed by atoms with van der Waals surface area (Å²) < 4.78 is 0. The van der Waals surface area contributed by atoms with Crippen molar-refractivity contribution < 1.29 is 0 Å². The van der Waals surface area contributed by atoms with Crippen molar-refractivity contribution in [2.75, 3.05) is 4.90 Å². The molecule has 0 aromatic heterocycles. The van der Waals surface area contributed by atoms with E-state index in [1.807, 2.05) is 0 Å². The summed E-state index contributed by atoms with van der Waals surface area (Å²) in [6.45, 7) is 0. The second-order valence-corrected chi connectivity index (χ2v) is 20.2. The molecule has 73 heavy (non-hydrogen) atoms. The number of anilines is 3.